The van der Waals surface area contributed by atoms with E-state index in [1.54, 1.807) is 0 Å². The van der Waals surface area contributed by atoms with Crippen molar-refractivity contribution < 1.29 is 9.59 Å². The van der Waals surface area contributed by atoms with Crippen molar-refractivity contribution in [1.29, 1.82) is 0 Å². The molecule has 1 saturated carbocycles. The molecule has 0 spiro atoms. The van der Waals surface area contributed by atoms with E-state index in [0.717, 1.165) is 51.7 Å². The summed E-state index contributed by atoms with van der Waals surface area (Å²) in [5.41, 5.74) is 6.07. The van der Waals surface area contributed by atoms with E-state index < -0.39 is 0 Å². The zero-order chi connectivity index (χ0) is 16.3. The second-order valence-electron chi connectivity index (χ2n) is 7.74. The highest BCUT2D eigenvalue weighted by Crippen LogP contribution is 2.39. The van der Waals surface area contributed by atoms with Gasteiger partial charge in [0.1, 0.15) is 0 Å². The van der Waals surface area contributed by atoms with Gasteiger partial charge in [0.15, 0.2) is 0 Å². The van der Waals surface area contributed by atoms with Crippen LogP contribution in [0.15, 0.2) is 0 Å². The van der Waals surface area contributed by atoms with E-state index in [-0.39, 0.29) is 23.7 Å². The fraction of sp³-hybridized carbons (Fsp3) is 0.889. The number of carbonyl (C=O) groups excluding carboxylic acids is 2. The molecule has 3 fully saturated rings. The van der Waals surface area contributed by atoms with Crippen LogP contribution in [0.4, 0.5) is 0 Å². The minimum absolute atomic E-state index is 0. The highest BCUT2D eigenvalue weighted by Gasteiger charge is 2.36. The lowest BCUT2D eigenvalue weighted by molar-refractivity contribution is -0.136. The molecule has 138 valence electrons. The van der Waals surface area contributed by atoms with Gasteiger partial charge in [0.2, 0.25) is 11.8 Å². The Morgan fingerprint density at radius 2 is 1.75 bits per heavy atom. The Hall–Kier alpha value is -0.810. The Bertz CT molecular complexity index is 444. The lowest BCUT2D eigenvalue weighted by Gasteiger charge is -2.40. The van der Waals surface area contributed by atoms with Gasteiger partial charge in [-0.05, 0) is 44.1 Å². The summed E-state index contributed by atoms with van der Waals surface area (Å²) >= 11 is 0. The molecule has 0 unspecified atom stereocenters. The van der Waals surface area contributed by atoms with Crippen molar-refractivity contribution in [3.8, 4) is 0 Å². The van der Waals surface area contributed by atoms with Gasteiger partial charge in [0.05, 0.1) is 0 Å². The van der Waals surface area contributed by atoms with Crippen molar-refractivity contribution in [1.82, 2.24) is 9.80 Å². The number of nitrogens with zero attached hydrogens (tertiary/aromatic N) is 2. The third-order valence-corrected chi connectivity index (χ3v) is 6.24. The van der Waals surface area contributed by atoms with Gasteiger partial charge in [-0.3, -0.25) is 9.59 Å². The number of nitrogens with two attached hydrogens (primary N) is 1. The molecule has 3 rings (SSSR count). The number of likely N-dealkylation sites (tertiary alicyclic amines) is 2. The van der Waals surface area contributed by atoms with E-state index in [2.05, 4.69) is 0 Å². The molecule has 5 nitrogen and oxygen atoms in total. The van der Waals surface area contributed by atoms with E-state index in [1.807, 2.05) is 9.80 Å². The van der Waals surface area contributed by atoms with Crippen LogP contribution in [0, 0.1) is 5.41 Å². The molecule has 0 aromatic carbocycles. The molecule has 2 aliphatic heterocycles. The largest absolute Gasteiger partial charge is 0.343 e. The average Bonchev–Trinajstić information content (AvgIpc) is 3.02. The van der Waals surface area contributed by atoms with E-state index in [0.29, 0.717) is 31.3 Å². The quantitative estimate of drug-likeness (QED) is 0.839. The number of carbonyl (C=O) groups is 2. The van der Waals surface area contributed by atoms with Crippen LogP contribution >= 0.6 is 12.4 Å². The van der Waals surface area contributed by atoms with Crippen LogP contribution in [-0.4, -0.2) is 53.8 Å². The predicted octanol–water partition coefficient (Wildman–Crippen LogP) is 2.32. The minimum Gasteiger partial charge on any atom is -0.343 e. The van der Waals surface area contributed by atoms with Gasteiger partial charge in [-0.2, -0.15) is 0 Å². The van der Waals surface area contributed by atoms with Crippen molar-refractivity contribution in [2.75, 3.05) is 26.2 Å². The van der Waals surface area contributed by atoms with Crippen LogP contribution in [0.2, 0.25) is 0 Å². The summed E-state index contributed by atoms with van der Waals surface area (Å²) in [7, 11) is 0. The lowest BCUT2D eigenvalue weighted by atomic mass is 9.71. The Kier molecular flexibility index (Phi) is 6.93. The number of halogens is 1. The Morgan fingerprint density at radius 1 is 1.08 bits per heavy atom. The van der Waals surface area contributed by atoms with Gasteiger partial charge in [0, 0.05) is 38.5 Å². The van der Waals surface area contributed by atoms with Crippen LogP contribution in [-0.2, 0) is 9.59 Å². The summed E-state index contributed by atoms with van der Waals surface area (Å²) in [4.78, 5) is 28.6. The van der Waals surface area contributed by atoms with E-state index in [1.165, 1.54) is 19.3 Å². The average molecular weight is 358 g/mol. The number of rotatable bonds is 4. The molecule has 0 aromatic rings. The summed E-state index contributed by atoms with van der Waals surface area (Å²) in [5.74, 6) is 0.586. The van der Waals surface area contributed by atoms with Crippen molar-refractivity contribution in [3.63, 3.8) is 0 Å². The van der Waals surface area contributed by atoms with Crippen molar-refractivity contribution in [2.45, 2.75) is 70.3 Å². The molecule has 0 atom stereocenters. The molecule has 2 heterocycles. The highest BCUT2D eigenvalue weighted by molar-refractivity contribution is 5.85. The third kappa shape index (κ3) is 4.23. The Labute approximate surface area is 151 Å². The molecule has 24 heavy (non-hydrogen) atoms. The van der Waals surface area contributed by atoms with E-state index >= 15 is 0 Å². The summed E-state index contributed by atoms with van der Waals surface area (Å²) in [6.07, 6.45) is 10.1. The molecule has 2 N–H and O–H groups in total. The van der Waals surface area contributed by atoms with Crippen LogP contribution in [0.5, 0.6) is 0 Å². The number of hydrogen-bond acceptors (Lipinski definition) is 3. The fourth-order valence-corrected chi connectivity index (χ4v) is 4.67. The predicted molar refractivity (Wildman–Crippen MR) is 97.0 cm³/mol. The minimum atomic E-state index is 0. The van der Waals surface area contributed by atoms with Crippen LogP contribution in [0.3, 0.4) is 0 Å². The van der Waals surface area contributed by atoms with Gasteiger partial charge in [-0.15, -0.1) is 12.4 Å². The Balaban J connectivity index is 0.00000208. The van der Waals surface area contributed by atoms with Gasteiger partial charge in [0.25, 0.3) is 0 Å². The van der Waals surface area contributed by atoms with Crippen LogP contribution in [0.1, 0.15) is 64.2 Å². The van der Waals surface area contributed by atoms with Gasteiger partial charge in [-0.1, -0.05) is 19.3 Å². The summed E-state index contributed by atoms with van der Waals surface area (Å²) in [5, 5.41) is 0. The maximum Gasteiger partial charge on any atom is 0.223 e. The maximum absolute atomic E-state index is 12.7. The zero-order valence-electron chi connectivity index (χ0n) is 14.7. The number of piperidine rings is 1. The maximum atomic E-state index is 12.7. The first kappa shape index (κ1) is 19.5. The number of amides is 2. The third-order valence-electron chi connectivity index (χ3n) is 6.24. The van der Waals surface area contributed by atoms with Gasteiger partial charge in [-0.25, -0.2) is 0 Å². The number of hydrogen-bond donors (Lipinski definition) is 1. The van der Waals surface area contributed by atoms with Crippen molar-refractivity contribution in [2.24, 2.45) is 11.1 Å². The molecule has 1 aliphatic carbocycles. The second kappa shape index (κ2) is 8.52. The topological polar surface area (TPSA) is 66.6 Å². The first-order valence-electron chi connectivity index (χ1n) is 9.41. The molecule has 3 aliphatic rings. The molecule has 0 aromatic heterocycles. The molecular formula is C18H32ClN3O2. The fourth-order valence-electron chi connectivity index (χ4n) is 4.67. The van der Waals surface area contributed by atoms with Crippen LogP contribution in [0.25, 0.3) is 0 Å². The summed E-state index contributed by atoms with van der Waals surface area (Å²) in [6.45, 7) is 3.15. The smallest absolute Gasteiger partial charge is 0.223 e. The first-order chi connectivity index (χ1) is 11.1. The van der Waals surface area contributed by atoms with E-state index in [4.69, 9.17) is 5.73 Å². The molecule has 0 bridgehead atoms. The van der Waals surface area contributed by atoms with Crippen molar-refractivity contribution in [3.05, 3.63) is 0 Å². The van der Waals surface area contributed by atoms with Gasteiger partial charge < -0.3 is 15.5 Å². The summed E-state index contributed by atoms with van der Waals surface area (Å²) in [6, 6.07) is 0.354. The Morgan fingerprint density at radius 3 is 2.29 bits per heavy atom. The van der Waals surface area contributed by atoms with Crippen molar-refractivity contribution >= 4 is 24.2 Å². The summed E-state index contributed by atoms with van der Waals surface area (Å²) < 4.78 is 0. The molecule has 2 saturated heterocycles. The zero-order valence-corrected chi connectivity index (χ0v) is 15.5. The monoisotopic (exact) mass is 357 g/mol. The van der Waals surface area contributed by atoms with Gasteiger partial charge >= 0.3 is 0 Å². The highest BCUT2D eigenvalue weighted by atomic mass is 35.5. The molecule has 6 heteroatoms. The lowest BCUT2D eigenvalue weighted by Crippen LogP contribution is -2.48. The van der Waals surface area contributed by atoms with Crippen LogP contribution < -0.4 is 5.73 Å². The first-order valence-corrected chi connectivity index (χ1v) is 9.41. The molecule has 2 amide bonds. The standard InChI is InChI=1S/C18H31N3O2.ClH/c19-14-18(8-2-1-3-9-18)13-17(23)20-11-6-15(7-12-20)21-10-4-5-16(21)22;/h15H,1-14,19H2;1H. The molecule has 0 radical (unpaired) electrons. The second-order valence-corrected chi connectivity index (χ2v) is 7.74. The van der Waals surface area contributed by atoms with E-state index in [9.17, 15) is 9.59 Å². The normalized spacial score (nSPS) is 24.8. The SMILES string of the molecule is Cl.NCC1(CC(=O)N2CCC(N3CCCC3=O)CC2)CCCCC1. The molecular weight excluding hydrogens is 326 g/mol.